The van der Waals surface area contributed by atoms with Crippen LogP contribution in [-0.2, 0) is 0 Å². The Morgan fingerprint density at radius 3 is 2.36 bits per heavy atom. The fourth-order valence-corrected chi connectivity index (χ4v) is 3.80. The van der Waals surface area contributed by atoms with Crippen molar-refractivity contribution in [1.29, 1.82) is 0 Å². The van der Waals surface area contributed by atoms with Crippen molar-refractivity contribution in [3.05, 3.63) is 12.2 Å². The average molecular weight is 192 g/mol. The molecule has 0 aromatic carbocycles. The topological polar surface area (TPSA) is 29.3 Å². The predicted molar refractivity (Wildman–Crippen MR) is 57.8 cm³/mol. The predicted octanol–water partition coefficient (Wildman–Crippen LogP) is 1.09. The summed E-state index contributed by atoms with van der Waals surface area (Å²) in [6.45, 7) is 5.81. The third kappa shape index (κ3) is 1.24. The van der Waals surface area contributed by atoms with Gasteiger partial charge < -0.3 is 10.6 Å². The lowest BCUT2D eigenvalue weighted by molar-refractivity contribution is 0.285. The number of nitrogens with zero attached hydrogens (tertiary/aromatic N) is 1. The monoisotopic (exact) mass is 192 g/mol. The smallest absolute Gasteiger partial charge is 0.0139 e. The summed E-state index contributed by atoms with van der Waals surface area (Å²) in [6.07, 6.45) is 6.36. The van der Waals surface area contributed by atoms with Crippen molar-refractivity contribution < 1.29 is 0 Å². The first kappa shape index (κ1) is 8.93. The highest BCUT2D eigenvalue weighted by Gasteiger charge is 2.48. The van der Waals surface area contributed by atoms with Crippen molar-refractivity contribution in [1.82, 2.24) is 4.90 Å². The molecule has 5 atom stereocenters. The van der Waals surface area contributed by atoms with E-state index in [0.29, 0.717) is 6.04 Å². The summed E-state index contributed by atoms with van der Waals surface area (Å²) >= 11 is 0. The molecule has 78 valence electrons. The Balaban J connectivity index is 1.67. The quantitative estimate of drug-likeness (QED) is 0.664. The molecule has 2 nitrogen and oxygen atoms in total. The number of fused-ring (bicyclic) bond motifs is 5. The van der Waals surface area contributed by atoms with E-state index in [9.17, 15) is 0 Å². The highest BCUT2D eigenvalue weighted by Crippen LogP contribution is 2.51. The van der Waals surface area contributed by atoms with Gasteiger partial charge in [-0.2, -0.15) is 0 Å². The molecule has 0 aromatic rings. The Hall–Kier alpha value is -0.340. The van der Waals surface area contributed by atoms with Gasteiger partial charge in [0.05, 0.1) is 0 Å². The molecule has 1 saturated carbocycles. The molecule has 0 spiro atoms. The van der Waals surface area contributed by atoms with E-state index in [1.54, 1.807) is 0 Å². The molecule has 1 heterocycles. The van der Waals surface area contributed by atoms with E-state index >= 15 is 0 Å². The third-order valence-corrected chi connectivity index (χ3v) is 4.28. The first-order valence-corrected chi connectivity index (χ1v) is 5.90. The van der Waals surface area contributed by atoms with Crippen LogP contribution in [0.1, 0.15) is 13.3 Å². The molecule has 0 aromatic heterocycles. The maximum Gasteiger partial charge on any atom is 0.0139 e. The van der Waals surface area contributed by atoms with Gasteiger partial charge in [-0.1, -0.05) is 12.2 Å². The van der Waals surface area contributed by atoms with Gasteiger partial charge in [-0.05, 0) is 37.0 Å². The second-order valence-corrected chi connectivity index (χ2v) is 5.47. The van der Waals surface area contributed by atoms with E-state index < -0.39 is 0 Å². The zero-order valence-corrected chi connectivity index (χ0v) is 8.89. The molecule has 14 heavy (non-hydrogen) atoms. The van der Waals surface area contributed by atoms with Crippen molar-refractivity contribution in [3.8, 4) is 0 Å². The van der Waals surface area contributed by atoms with Gasteiger partial charge in [-0.3, -0.25) is 0 Å². The summed E-state index contributed by atoms with van der Waals surface area (Å²) < 4.78 is 0. The van der Waals surface area contributed by atoms with Crippen LogP contribution < -0.4 is 5.73 Å². The highest BCUT2D eigenvalue weighted by molar-refractivity contribution is 5.16. The van der Waals surface area contributed by atoms with Gasteiger partial charge in [0.2, 0.25) is 0 Å². The molecule has 2 heteroatoms. The minimum Gasteiger partial charge on any atom is -0.327 e. The van der Waals surface area contributed by atoms with E-state index in [2.05, 4.69) is 24.0 Å². The molecule has 0 amide bonds. The zero-order valence-electron chi connectivity index (χ0n) is 8.89. The van der Waals surface area contributed by atoms with Crippen molar-refractivity contribution in [3.63, 3.8) is 0 Å². The lowest BCUT2D eigenvalue weighted by Gasteiger charge is -2.19. The Morgan fingerprint density at radius 2 is 1.86 bits per heavy atom. The molecular formula is C12H20N2. The average Bonchev–Trinajstić information content (AvgIpc) is 2.69. The molecule has 3 aliphatic rings. The number of rotatable bonds is 2. The van der Waals surface area contributed by atoms with Gasteiger partial charge in [0, 0.05) is 25.7 Å². The fourth-order valence-electron chi connectivity index (χ4n) is 3.80. The van der Waals surface area contributed by atoms with Crippen molar-refractivity contribution in [2.75, 3.05) is 19.6 Å². The standard InChI is InChI=1S/C12H20N2/c1-8(13)5-14-6-11-9-2-3-10(4-9)12(11)7-14/h2-3,8-12H,4-7,13H2,1H3/t8-,9?,10?,11?,12?/m1/s1. The lowest BCUT2D eigenvalue weighted by Crippen LogP contribution is -2.35. The van der Waals surface area contributed by atoms with E-state index in [1.165, 1.54) is 19.5 Å². The summed E-state index contributed by atoms with van der Waals surface area (Å²) in [7, 11) is 0. The molecule has 0 radical (unpaired) electrons. The van der Waals surface area contributed by atoms with Gasteiger partial charge in [-0.15, -0.1) is 0 Å². The van der Waals surface area contributed by atoms with Crippen molar-refractivity contribution in [2.45, 2.75) is 19.4 Å². The lowest BCUT2D eigenvalue weighted by atomic mass is 9.86. The Kier molecular flexibility index (Phi) is 1.96. The van der Waals surface area contributed by atoms with Gasteiger partial charge in [0.1, 0.15) is 0 Å². The van der Waals surface area contributed by atoms with Gasteiger partial charge in [-0.25, -0.2) is 0 Å². The van der Waals surface area contributed by atoms with Crippen LogP contribution in [0, 0.1) is 23.7 Å². The van der Waals surface area contributed by atoms with Crippen LogP contribution in [0.25, 0.3) is 0 Å². The molecular weight excluding hydrogens is 172 g/mol. The van der Waals surface area contributed by atoms with E-state index in [4.69, 9.17) is 5.73 Å². The summed E-state index contributed by atoms with van der Waals surface area (Å²) in [4.78, 5) is 2.58. The molecule has 1 saturated heterocycles. The Bertz CT molecular complexity index is 239. The SMILES string of the molecule is C[C@@H](N)CN1CC2C3C=CC(C3)C2C1. The molecule has 2 N–H and O–H groups in total. The molecule has 1 aliphatic heterocycles. The van der Waals surface area contributed by atoms with Crippen LogP contribution in [0.15, 0.2) is 12.2 Å². The maximum absolute atomic E-state index is 5.85. The Morgan fingerprint density at radius 1 is 1.29 bits per heavy atom. The number of allylic oxidation sites excluding steroid dienone is 2. The second kappa shape index (κ2) is 3.07. The minimum atomic E-state index is 0.333. The van der Waals surface area contributed by atoms with Gasteiger partial charge >= 0.3 is 0 Å². The third-order valence-electron chi connectivity index (χ3n) is 4.28. The van der Waals surface area contributed by atoms with Crippen LogP contribution in [0.5, 0.6) is 0 Å². The number of hydrogen-bond acceptors (Lipinski definition) is 2. The second-order valence-electron chi connectivity index (χ2n) is 5.47. The maximum atomic E-state index is 5.85. The Labute approximate surface area is 86.1 Å². The highest BCUT2D eigenvalue weighted by atomic mass is 15.2. The summed E-state index contributed by atoms with van der Waals surface area (Å²) in [5.74, 6) is 3.73. The molecule has 2 bridgehead atoms. The van der Waals surface area contributed by atoms with Crippen LogP contribution >= 0.6 is 0 Å². The van der Waals surface area contributed by atoms with Crippen molar-refractivity contribution >= 4 is 0 Å². The van der Waals surface area contributed by atoms with E-state index in [0.717, 1.165) is 30.2 Å². The number of likely N-dealkylation sites (tertiary alicyclic amines) is 1. The molecule has 2 aliphatic carbocycles. The molecule has 3 rings (SSSR count). The van der Waals surface area contributed by atoms with Crippen molar-refractivity contribution in [2.24, 2.45) is 29.4 Å². The first-order chi connectivity index (χ1) is 6.74. The number of nitrogens with two attached hydrogens (primary N) is 1. The summed E-state index contributed by atoms with van der Waals surface area (Å²) in [6, 6.07) is 0.333. The van der Waals surface area contributed by atoms with Gasteiger partial charge in [0.25, 0.3) is 0 Å². The first-order valence-electron chi connectivity index (χ1n) is 5.90. The summed E-state index contributed by atoms with van der Waals surface area (Å²) in [5.41, 5.74) is 5.85. The fraction of sp³-hybridized carbons (Fsp3) is 0.833. The molecule has 2 fully saturated rings. The van der Waals surface area contributed by atoms with Crippen LogP contribution in [0.3, 0.4) is 0 Å². The minimum absolute atomic E-state index is 0.333. The zero-order chi connectivity index (χ0) is 9.71. The van der Waals surface area contributed by atoms with Crippen LogP contribution in [-0.4, -0.2) is 30.6 Å². The van der Waals surface area contributed by atoms with E-state index in [-0.39, 0.29) is 0 Å². The van der Waals surface area contributed by atoms with E-state index in [1.807, 2.05) is 0 Å². The van der Waals surface area contributed by atoms with Crippen LogP contribution in [0.2, 0.25) is 0 Å². The van der Waals surface area contributed by atoms with Crippen LogP contribution in [0.4, 0.5) is 0 Å². The molecule has 4 unspecified atom stereocenters. The largest absolute Gasteiger partial charge is 0.327 e. The van der Waals surface area contributed by atoms with Gasteiger partial charge in [0.15, 0.2) is 0 Å². The normalized spacial score (nSPS) is 47.3. The number of hydrogen-bond donors (Lipinski definition) is 1. The summed E-state index contributed by atoms with van der Waals surface area (Å²) in [5, 5.41) is 0.